The van der Waals surface area contributed by atoms with Crippen molar-refractivity contribution in [3.63, 3.8) is 0 Å². The Labute approximate surface area is 289 Å². The first-order valence-corrected chi connectivity index (χ1v) is 17.5. The van der Waals surface area contributed by atoms with Gasteiger partial charge in [0.1, 0.15) is 11.7 Å². The highest BCUT2D eigenvalue weighted by Gasteiger charge is 2.49. The van der Waals surface area contributed by atoms with Crippen LogP contribution in [-0.2, 0) is 5.41 Å². The number of hydrogen-bond donors (Lipinski definition) is 0. The molecule has 242 valence electrons. The molecule has 0 spiro atoms. The SMILES string of the molecule is CC1C=C(C2=NC(c3ccc(N4c5cc6c(cc5C5C=CC=CC54C)-c4ccccc4C6(C)C)nc3)N(C)C(c3ccccc3)=N2)C=CC1. The maximum absolute atomic E-state index is 5.25. The Morgan fingerprint density at radius 2 is 1.67 bits per heavy atom. The van der Waals surface area contributed by atoms with E-state index in [1.807, 2.05) is 12.3 Å². The summed E-state index contributed by atoms with van der Waals surface area (Å²) < 4.78 is 0. The molecule has 1 aromatic heterocycles. The summed E-state index contributed by atoms with van der Waals surface area (Å²) >= 11 is 0. The summed E-state index contributed by atoms with van der Waals surface area (Å²) in [6, 6.07) is 28.6. The molecule has 0 bridgehead atoms. The van der Waals surface area contributed by atoms with Crippen LogP contribution in [0, 0.1) is 5.92 Å². The van der Waals surface area contributed by atoms with Gasteiger partial charge in [0.25, 0.3) is 0 Å². The van der Waals surface area contributed by atoms with Crippen LogP contribution < -0.4 is 4.90 Å². The van der Waals surface area contributed by atoms with E-state index in [-0.39, 0.29) is 23.0 Å². The first kappa shape index (κ1) is 29.8. The summed E-state index contributed by atoms with van der Waals surface area (Å²) in [7, 11) is 2.08. The van der Waals surface area contributed by atoms with E-state index >= 15 is 0 Å². The number of pyridine rings is 1. The van der Waals surface area contributed by atoms with E-state index in [0.717, 1.165) is 40.6 Å². The highest BCUT2D eigenvalue weighted by molar-refractivity contribution is 6.13. The normalized spacial score (nSPS) is 25.7. The van der Waals surface area contributed by atoms with E-state index in [1.165, 1.54) is 33.5 Å². The topological polar surface area (TPSA) is 44.1 Å². The predicted octanol–water partition coefficient (Wildman–Crippen LogP) is 9.82. The Hall–Kier alpha value is -5.29. The molecule has 9 rings (SSSR count). The molecule has 4 atom stereocenters. The molecule has 5 nitrogen and oxygen atoms in total. The van der Waals surface area contributed by atoms with Crippen LogP contribution >= 0.6 is 0 Å². The highest BCUT2D eigenvalue weighted by Crippen LogP contribution is 2.58. The quantitative estimate of drug-likeness (QED) is 0.223. The molecule has 0 saturated heterocycles. The maximum atomic E-state index is 5.25. The molecule has 0 N–H and O–H groups in total. The third kappa shape index (κ3) is 4.48. The fourth-order valence-electron chi connectivity index (χ4n) is 8.67. The zero-order chi connectivity index (χ0) is 33.5. The average Bonchev–Trinajstić information content (AvgIpc) is 3.51. The van der Waals surface area contributed by atoms with E-state index in [9.17, 15) is 0 Å². The van der Waals surface area contributed by atoms with Gasteiger partial charge in [0.2, 0.25) is 0 Å². The van der Waals surface area contributed by atoms with Gasteiger partial charge >= 0.3 is 0 Å². The summed E-state index contributed by atoms with van der Waals surface area (Å²) in [5.41, 5.74) is 10.9. The first-order chi connectivity index (χ1) is 23.7. The number of nitrogens with zero attached hydrogens (tertiary/aromatic N) is 5. The summed E-state index contributed by atoms with van der Waals surface area (Å²) in [4.78, 5) is 20.2. The van der Waals surface area contributed by atoms with Gasteiger partial charge in [0.15, 0.2) is 12.0 Å². The fourth-order valence-corrected chi connectivity index (χ4v) is 8.67. The summed E-state index contributed by atoms with van der Waals surface area (Å²) in [6.45, 7) is 9.30. The van der Waals surface area contributed by atoms with Gasteiger partial charge < -0.3 is 9.80 Å². The molecule has 0 saturated carbocycles. The molecule has 2 aliphatic heterocycles. The van der Waals surface area contributed by atoms with Crippen molar-refractivity contribution in [1.82, 2.24) is 9.88 Å². The van der Waals surface area contributed by atoms with Gasteiger partial charge in [0.05, 0.1) is 5.54 Å². The summed E-state index contributed by atoms with van der Waals surface area (Å²) in [6.07, 6.45) is 18.6. The zero-order valence-electron chi connectivity index (χ0n) is 28.8. The summed E-state index contributed by atoms with van der Waals surface area (Å²) in [5.74, 6) is 3.29. The number of anilines is 2. The molecule has 3 aromatic carbocycles. The number of hydrogen-bond acceptors (Lipinski definition) is 5. The van der Waals surface area contributed by atoms with Crippen LogP contribution in [0.3, 0.4) is 0 Å². The molecule has 49 heavy (non-hydrogen) atoms. The molecule has 3 aliphatic carbocycles. The Bertz CT molecular complexity index is 2180. The van der Waals surface area contributed by atoms with Gasteiger partial charge in [-0.2, -0.15) is 0 Å². The highest BCUT2D eigenvalue weighted by atomic mass is 15.3. The van der Waals surface area contributed by atoms with Crippen molar-refractivity contribution < 1.29 is 0 Å². The molecule has 0 fully saturated rings. The standard InChI is InChI=1S/C44H41N5/c1-28-14-13-17-30(24-28)40-46-41(29-15-7-6-8-16-29)48(5)42(47-40)31-21-22-39(45-27-31)49-38-26-37-33(32-18-9-10-19-35(32)43(37,2)3)25-34(38)36-20-11-12-23-44(36,49)4/h6-13,15-28,36,42H,14H2,1-5H3. The number of fused-ring (bicyclic) bond motifs is 6. The minimum absolute atomic E-state index is 0.0791. The van der Waals surface area contributed by atoms with Crippen molar-refractivity contribution in [2.75, 3.05) is 11.9 Å². The molecular weight excluding hydrogens is 599 g/mol. The molecule has 3 heterocycles. The second-order valence-corrected chi connectivity index (χ2v) is 14.8. The number of aromatic nitrogens is 1. The monoisotopic (exact) mass is 639 g/mol. The van der Waals surface area contributed by atoms with Crippen molar-refractivity contribution in [3.05, 3.63) is 161 Å². The van der Waals surface area contributed by atoms with Crippen molar-refractivity contribution in [1.29, 1.82) is 0 Å². The lowest BCUT2D eigenvalue weighted by Crippen LogP contribution is -2.42. The van der Waals surface area contributed by atoms with E-state index in [1.54, 1.807) is 0 Å². The van der Waals surface area contributed by atoms with E-state index in [0.29, 0.717) is 5.92 Å². The van der Waals surface area contributed by atoms with Crippen LogP contribution in [-0.4, -0.2) is 34.1 Å². The van der Waals surface area contributed by atoms with Gasteiger partial charge in [-0.15, -0.1) is 0 Å². The van der Waals surface area contributed by atoms with Crippen molar-refractivity contribution in [2.45, 2.75) is 57.2 Å². The third-order valence-corrected chi connectivity index (χ3v) is 11.3. The van der Waals surface area contributed by atoms with Gasteiger partial charge in [-0.05, 0) is 71.3 Å². The minimum Gasteiger partial charge on any atom is -0.333 e. The minimum atomic E-state index is -0.277. The van der Waals surface area contributed by atoms with E-state index in [4.69, 9.17) is 15.0 Å². The number of rotatable bonds is 4. The Kier molecular flexibility index (Phi) is 6.61. The average molecular weight is 640 g/mol. The third-order valence-electron chi connectivity index (χ3n) is 11.3. The lowest BCUT2D eigenvalue weighted by Gasteiger charge is -2.39. The summed E-state index contributed by atoms with van der Waals surface area (Å²) in [5, 5.41) is 0. The smallest absolute Gasteiger partial charge is 0.159 e. The Morgan fingerprint density at radius 3 is 2.47 bits per heavy atom. The van der Waals surface area contributed by atoms with E-state index < -0.39 is 0 Å². The molecular formula is C44H41N5. The van der Waals surface area contributed by atoms with Crippen LogP contribution in [0.5, 0.6) is 0 Å². The van der Waals surface area contributed by atoms with Crippen LogP contribution in [0.25, 0.3) is 11.1 Å². The molecule has 0 amide bonds. The van der Waals surface area contributed by atoms with Gasteiger partial charge in [-0.3, -0.25) is 0 Å². The van der Waals surface area contributed by atoms with Gasteiger partial charge in [-0.1, -0.05) is 118 Å². The van der Waals surface area contributed by atoms with Gasteiger partial charge in [-0.25, -0.2) is 15.0 Å². The Balaban J connectivity index is 1.13. The lowest BCUT2D eigenvalue weighted by molar-refractivity contribution is 0.382. The van der Waals surface area contributed by atoms with Crippen LogP contribution in [0.1, 0.15) is 74.0 Å². The largest absolute Gasteiger partial charge is 0.333 e. The molecule has 0 radical (unpaired) electrons. The van der Waals surface area contributed by atoms with Crippen molar-refractivity contribution in [3.8, 4) is 11.1 Å². The number of amidine groups is 2. The van der Waals surface area contributed by atoms with Crippen molar-refractivity contribution >= 4 is 23.2 Å². The number of aliphatic imine (C=N–C) groups is 2. The number of benzene rings is 3. The molecule has 5 heteroatoms. The molecule has 5 aliphatic rings. The number of allylic oxidation sites excluding steroid dienone is 4. The van der Waals surface area contributed by atoms with Crippen LogP contribution in [0.4, 0.5) is 11.5 Å². The van der Waals surface area contributed by atoms with Gasteiger partial charge in [0, 0.05) is 47.0 Å². The second-order valence-electron chi connectivity index (χ2n) is 14.8. The first-order valence-electron chi connectivity index (χ1n) is 17.5. The molecule has 4 unspecified atom stereocenters. The Morgan fingerprint density at radius 1 is 0.857 bits per heavy atom. The lowest BCUT2D eigenvalue weighted by atomic mass is 9.79. The second kappa shape index (κ2) is 10.9. The van der Waals surface area contributed by atoms with Crippen molar-refractivity contribution in [2.24, 2.45) is 15.9 Å². The zero-order valence-corrected chi connectivity index (χ0v) is 28.8. The fraction of sp³-hybridized carbons (Fsp3) is 0.250. The van der Waals surface area contributed by atoms with E-state index in [2.05, 4.69) is 160 Å². The predicted molar refractivity (Wildman–Crippen MR) is 202 cm³/mol. The maximum Gasteiger partial charge on any atom is 0.159 e. The van der Waals surface area contributed by atoms with Crippen LogP contribution in [0.2, 0.25) is 0 Å². The van der Waals surface area contributed by atoms with Crippen LogP contribution in [0.15, 0.2) is 143 Å². The molecule has 4 aromatic rings.